The zero-order chi connectivity index (χ0) is 8.27. The number of rotatable bonds is 2. The molecule has 0 bridgehead atoms. The summed E-state index contributed by atoms with van der Waals surface area (Å²) in [6.45, 7) is 2.50. The predicted octanol–water partition coefficient (Wildman–Crippen LogP) is 0.0383. The maximum Gasteiger partial charge on any atom is 0.295 e. The molecule has 1 fully saturated rings. The van der Waals surface area contributed by atoms with Crippen molar-refractivity contribution >= 4 is 24.1 Å². The van der Waals surface area contributed by atoms with E-state index in [1.54, 1.807) is 0 Å². The van der Waals surface area contributed by atoms with Gasteiger partial charge in [-0.2, -0.15) is 0 Å². The highest BCUT2D eigenvalue weighted by atomic mass is 32.2. The molecule has 1 heterocycles. The number of hydrogen-bond acceptors (Lipinski definition) is 4. The van der Waals surface area contributed by atoms with E-state index < -0.39 is 5.56 Å². The summed E-state index contributed by atoms with van der Waals surface area (Å²) >= 11 is 1.45. The zero-order valence-corrected chi connectivity index (χ0v) is 6.97. The summed E-state index contributed by atoms with van der Waals surface area (Å²) in [5.41, 5.74) is -0.398. The fourth-order valence-corrected chi connectivity index (χ4v) is 1.97. The Hall–Kier alpha value is -0.710. The monoisotopic (exact) mass is 175 g/mol. The first kappa shape index (κ1) is 8.39. The maximum absolute atomic E-state index is 10.8. The van der Waals surface area contributed by atoms with Crippen molar-refractivity contribution in [3.8, 4) is 0 Å². The molecule has 0 aromatic heterocycles. The zero-order valence-electron chi connectivity index (χ0n) is 6.15. The lowest BCUT2D eigenvalue weighted by atomic mass is 10.5. The summed E-state index contributed by atoms with van der Waals surface area (Å²) in [4.78, 5) is 22.3. The Morgan fingerprint density at radius 1 is 1.82 bits per heavy atom. The highest BCUT2D eigenvalue weighted by Crippen LogP contribution is 2.23. The molecule has 0 radical (unpaired) electrons. The van der Waals surface area contributed by atoms with E-state index in [1.807, 2.05) is 0 Å². The van der Waals surface area contributed by atoms with Crippen LogP contribution in [-0.4, -0.2) is 35.1 Å². The lowest BCUT2D eigenvalue weighted by molar-refractivity contribution is -0.143. The van der Waals surface area contributed by atoms with Crippen LogP contribution in [0.4, 0.5) is 0 Å². The molecule has 1 unspecified atom stereocenters. The first-order chi connectivity index (χ1) is 5.25. The Bertz CT molecular complexity index is 173. The van der Waals surface area contributed by atoms with Gasteiger partial charge in [0.05, 0.1) is 0 Å². The summed E-state index contributed by atoms with van der Waals surface area (Å²) in [6.07, 6.45) is 0. The van der Waals surface area contributed by atoms with E-state index in [2.05, 4.69) is 4.74 Å². The summed E-state index contributed by atoms with van der Waals surface area (Å²) in [6, 6.07) is 0. The minimum Gasteiger partial charge on any atom is -0.434 e. The van der Waals surface area contributed by atoms with Gasteiger partial charge in [-0.15, -0.1) is 0 Å². The lowest BCUT2D eigenvalue weighted by Gasteiger charge is -2.19. The van der Waals surface area contributed by atoms with Crippen LogP contribution >= 0.6 is 11.8 Å². The van der Waals surface area contributed by atoms with Gasteiger partial charge >= 0.3 is 0 Å². The number of hydrogen-bond donors (Lipinski definition) is 0. The molecule has 1 aliphatic rings. The normalized spacial score (nSPS) is 23.4. The van der Waals surface area contributed by atoms with Crippen molar-refractivity contribution in [3.05, 3.63) is 0 Å². The number of nitrogens with zero attached hydrogens (tertiary/aromatic N) is 1. The van der Waals surface area contributed by atoms with Crippen LogP contribution in [0.15, 0.2) is 0 Å². The maximum atomic E-state index is 10.8. The summed E-state index contributed by atoms with van der Waals surface area (Å²) < 4.78 is 4.66. The standard InChI is InChI=1S/C6H9NO3S/c1-5(9)7-2-3-11-6(7)10-4-8/h4,6H,2-3H2,1H3. The van der Waals surface area contributed by atoms with Gasteiger partial charge in [0.25, 0.3) is 6.47 Å². The van der Waals surface area contributed by atoms with Gasteiger partial charge in [-0.3, -0.25) is 14.5 Å². The van der Waals surface area contributed by atoms with E-state index in [4.69, 9.17) is 0 Å². The highest BCUT2D eigenvalue weighted by molar-refractivity contribution is 8.00. The summed E-state index contributed by atoms with van der Waals surface area (Å²) in [5, 5.41) is 0. The van der Waals surface area contributed by atoms with Crippen LogP contribution in [0.1, 0.15) is 6.92 Å². The summed E-state index contributed by atoms with van der Waals surface area (Å²) in [5.74, 6) is 0.778. The number of thioether (sulfide) groups is 1. The predicted molar refractivity (Wildman–Crippen MR) is 40.8 cm³/mol. The fourth-order valence-electron chi connectivity index (χ4n) is 0.913. The van der Waals surface area contributed by atoms with Crippen LogP contribution in [0.5, 0.6) is 0 Å². The van der Waals surface area contributed by atoms with Gasteiger partial charge in [-0.25, -0.2) is 0 Å². The third-order valence-electron chi connectivity index (χ3n) is 1.42. The Balaban J connectivity index is 2.50. The number of carbonyl (C=O) groups is 2. The molecule has 0 aromatic carbocycles. The van der Waals surface area contributed by atoms with Crippen LogP contribution in [0.25, 0.3) is 0 Å². The second-order valence-corrected chi connectivity index (χ2v) is 3.27. The van der Waals surface area contributed by atoms with Crippen molar-refractivity contribution in [1.82, 2.24) is 4.90 Å². The molecule has 0 aromatic rings. The molecule has 1 atom stereocenters. The van der Waals surface area contributed by atoms with Crippen LogP contribution < -0.4 is 0 Å². The average molecular weight is 175 g/mol. The molecule has 0 N–H and O–H groups in total. The highest BCUT2D eigenvalue weighted by Gasteiger charge is 2.27. The Morgan fingerprint density at radius 3 is 3.09 bits per heavy atom. The molecule has 0 spiro atoms. The molecule has 0 aliphatic carbocycles. The van der Waals surface area contributed by atoms with Crippen LogP contribution in [-0.2, 0) is 14.3 Å². The molecule has 62 valence electrons. The van der Waals surface area contributed by atoms with E-state index in [0.29, 0.717) is 13.0 Å². The Morgan fingerprint density at radius 2 is 2.55 bits per heavy atom. The van der Waals surface area contributed by atoms with Gasteiger partial charge in [0.2, 0.25) is 11.5 Å². The number of carbonyl (C=O) groups excluding carboxylic acids is 2. The number of amides is 1. The van der Waals surface area contributed by atoms with Gasteiger partial charge in [0.15, 0.2) is 0 Å². The number of ether oxygens (including phenoxy) is 1. The van der Waals surface area contributed by atoms with E-state index in [1.165, 1.54) is 23.6 Å². The van der Waals surface area contributed by atoms with Crippen molar-refractivity contribution in [3.63, 3.8) is 0 Å². The molecule has 1 saturated heterocycles. The first-order valence-corrected chi connectivity index (χ1v) is 4.28. The minimum atomic E-state index is -0.398. The average Bonchev–Trinajstić information content (AvgIpc) is 2.36. The summed E-state index contributed by atoms with van der Waals surface area (Å²) in [7, 11) is 0. The molecule has 4 nitrogen and oxygen atoms in total. The molecular weight excluding hydrogens is 166 g/mol. The quantitative estimate of drug-likeness (QED) is 0.556. The molecule has 1 rings (SSSR count). The van der Waals surface area contributed by atoms with Crippen molar-refractivity contribution in [2.75, 3.05) is 12.3 Å². The third-order valence-corrected chi connectivity index (χ3v) is 2.49. The fraction of sp³-hybridized carbons (Fsp3) is 0.667. The molecule has 11 heavy (non-hydrogen) atoms. The van der Waals surface area contributed by atoms with Crippen LogP contribution in [0.3, 0.4) is 0 Å². The largest absolute Gasteiger partial charge is 0.434 e. The topological polar surface area (TPSA) is 46.6 Å². The lowest BCUT2D eigenvalue weighted by Crippen LogP contribution is -2.34. The Kier molecular flexibility index (Phi) is 2.76. The Labute approximate surface area is 68.9 Å². The van der Waals surface area contributed by atoms with Gasteiger partial charge in [-0.1, -0.05) is 11.8 Å². The van der Waals surface area contributed by atoms with E-state index in [0.717, 1.165) is 5.75 Å². The molecule has 1 aliphatic heterocycles. The molecule has 5 heteroatoms. The molecule has 0 saturated carbocycles. The van der Waals surface area contributed by atoms with Crippen molar-refractivity contribution in [2.24, 2.45) is 0 Å². The van der Waals surface area contributed by atoms with Crippen molar-refractivity contribution in [2.45, 2.75) is 12.5 Å². The van der Waals surface area contributed by atoms with Gasteiger partial charge in [0, 0.05) is 19.2 Å². The van der Waals surface area contributed by atoms with Gasteiger partial charge in [0.1, 0.15) is 0 Å². The first-order valence-electron chi connectivity index (χ1n) is 3.23. The second kappa shape index (κ2) is 3.61. The molecular formula is C6H9NO3S. The molecule has 1 amide bonds. The smallest absolute Gasteiger partial charge is 0.295 e. The third kappa shape index (κ3) is 1.86. The van der Waals surface area contributed by atoms with Crippen molar-refractivity contribution < 1.29 is 14.3 Å². The van der Waals surface area contributed by atoms with Gasteiger partial charge in [-0.05, 0) is 0 Å². The van der Waals surface area contributed by atoms with Crippen molar-refractivity contribution in [1.29, 1.82) is 0 Å². The van der Waals surface area contributed by atoms with Crippen LogP contribution in [0.2, 0.25) is 0 Å². The van der Waals surface area contributed by atoms with E-state index in [9.17, 15) is 9.59 Å². The minimum absolute atomic E-state index is 0.0538. The van der Waals surface area contributed by atoms with Gasteiger partial charge < -0.3 is 4.74 Å². The SMILES string of the molecule is CC(=O)N1CCSC1OC=O. The second-order valence-electron chi connectivity index (χ2n) is 2.12. The van der Waals surface area contributed by atoms with E-state index in [-0.39, 0.29) is 5.91 Å². The van der Waals surface area contributed by atoms with Crippen LogP contribution in [0, 0.1) is 0 Å². The van der Waals surface area contributed by atoms with E-state index >= 15 is 0 Å².